The molecule has 2 nitrogen and oxygen atoms in total. The molecule has 1 N–H and O–H groups in total. The summed E-state index contributed by atoms with van der Waals surface area (Å²) in [4.78, 5) is 12.4. The van der Waals surface area contributed by atoms with Crippen molar-refractivity contribution in [1.29, 1.82) is 0 Å². The molecule has 2 aromatic rings. The van der Waals surface area contributed by atoms with Crippen LogP contribution in [0, 0.1) is 0 Å². The molecule has 0 aliphatic rings. The molecule has 0 fully saturated rings. The molecule has 0 aliphatic heterocycles. The Labute approximate surface area is 108 Å². The van der Waals surface area contributed by atoms with Crippen molar-refractivity contribution in [2.75, 3.05) is 0 Å². The van der Waals surface area contributed by atoms with Crippen molar-refractivity contribution < 1.29 is 9.90 Å². The second-order valence-electron chi connectivity index (χ2n) is 3.38. The van der Waals surface area contributed by atoms with E-state index >= 15 is 0 Å². The van der Waals surface area contributed by atoms with E-state index in [2.05, 4.69) is 0 Å². The molecular formula is C13H9ClO2S. The van der Waals surface area contributed by atoms with Gasteiger partial charge in [0.05, 0.1) is 0 Å². The van der Waals surface area contributed by atoms with E-state index < -0.39 is 5.97 Å². The number of carboxylic acids is 1. The smallest absolute Gasteiger partial charge is 0.328 e. The molecule has 0 saturated carbocycles. The average Bonchev–Trinajstić information content (AvgIpc) is 2.75. The van der Waals surface area contributed by atoms with Crippen LogP contribution < -0.4 is 0 Å². The summed E-state index contributed by atoms with van der Waals surface area (Å²) in [5, 5.41) is 9.23. The molecule has 0 spiro atoms. The zero-order valence-corrected chi connectivity index (χ0v) is 10.3. The summed E-state index contributed by atoms with van der Waals surface area (Å²) in [7, 11) is 0. The van der Waals surface area contributed by atoms with Crippen LogP contribution in [0.1, 0.15) is 4.88 Å². The summed E-state index contributed by atoms with van der Waals surface area (Å²) in [5.74, 6) is -0.942. The number of halogens is 1. The Kier molecular flexibility index (Phi) is 3.61. The summed E-state index contributed by atoms with van der Waals surface area (Å²) < 4.78 is 0. The molecule has 0 aliphatic carbocycles. The monoisotopic (exact) mass is 264 g/mol. The summed E-state index contributed by atoms with van der Waals surface area (Å²) in [5.41, 5.74) is 1.04. The average molecular weight is 265 g/mol. The number of aliphatic carboxylic acids is 1. The van der Waals surface area contributed by atoms with Crippen molar-refractivity contribution >= 4 is 35.0 Å². The van der Waals surface area contributed by atoms with Gasteiger partial charge in [-0.25, -0.2) is 4.79 Å². The zero-order valence-electron chi connectivity index (χ0n) is 8.76. The molecule has 86 valence electrons. The molecule has 17 heavy (non-hydrogen) atoms. The number of hydrogen-bond acceptors (Lipinski definition) is 2. The summed E-state index contributed by atoms with van der Waals surface area (Å²) in [6.45, 7) is 0. The van der Waals surface area contributed by atoms with Gasteiger partial charge < -0.3 is 5.11 Å². The Morgan fingerprint density at radius 2 is 2.12 bits per heavy atom. The summed E-state index contributed by atoms with van der Waals surface area (Å²) in [6, 6.07) is 11.4. The first-order chi connectivity index (χ1) is 8.15. The van der Waals surface area contributed by atoms with Gasteiger partial charge in [-0.05, 0) is 35.9 Å². The highest BCUT2D eigenvalue weighted by atomic mass is 35.5. The lowest BCUT2D eigenvalue weighted by molar-refractivity contribution is -0.131. The van der Waals surface area contributed by atoms with Gasteiger partial charge in [-0.1, -0.05) is 23.7 Å². The molecule has 0 amide bonds. The Morgan fingerprint density at radius 3 is 2.82 bits per heavy atom. The first-order valence-corrected chi connectivity index (χ1v) is 6.11. The standard InChI is InChI=1S/C13H9ClO2S/c14-10-3-1-2-9(8-10)12-6-4-11(17-12)5-7-13(15)16/h1-8H,(H,15,16)/b7-5+. The van der Waals surface area contributed by atoms with Crippen LogP contribution in [0.4, 0.5) is 0 Å². The fourth-order valence-electron chi connectivity index (χ4n) is 1.39. The van der Waals surface area contributed by atoms with Gasteiger partial charge in [-0.15, -0.1) is 11.3 Å². The van der Waals surface area contributed by atoms with Gasteiger partial charge in [0.1, 0.15) is 0 Å². The van der Waals surface area contributed by atoms with Crippen LogP contribution in [-0.2, 0) is 4.79 Å². The molecule has 1 aromatic carbocycles. The zero-order chi connectivity index (χ0) is 12.3. The number of carbonyl (C=O) groups is 1. The molecule has 0 atom stereocenters. The van der Waals surface area contributed by atoms with Gasteiger partial charge in [-0.3, -0.25) is 0 Å². The Morgan fingerprint density at radius 1 is 1.29 bits per heavy atom. The van der Waals surface area contributed by atoms with E-state index in [1.807, 2.05) is 36.4 Å². The highest BCUT2D eigenvalue weighted by Gasteiger charge is 2.02. The summed E-state index contributed by atoms with van der Waals surface area (Å²) in [6.07, 6.45) is 2.72. The van der Waals surface area contributed by atoms with Crippen molar-refractivity contribution in [3.8, 4) is 10.4 Å². The van der Waals surface area contributed by atoms with Crippen LogP contribution in [0.15, 0.2) is 42.5 Å². The lowest BCUT2D eigenvalue weighted by atomic mass is 10.2. The molecule has 0 bridgehead atoms. The third-order valence-corrected chi connectivity index (χ3v) is 3.46. The van der Waals surface area contributed by atoms with Crippen LogP contribution in [0.25, 0.3) is 16.5 Å². The van der Waals surface area contributed by atoms with Crippen molar-refractivity contribution in [1.82, 2.24) is 0 Å². The van der Waals surface area contributed by atoms with Crippen LogP contribution in [0.2, 0.25) is 5.02 Å². The molecule has 0 radical (unpaired) electrons. The maximum absolute atomic E-state index is 10.4. The lowest BCUT2D eigenvalue weighted by Crippen LogP contribution is -1.84. The minimum atomic E-state index is -0.942. The van der Waals surface area contributed by atoms with E-state index in [-0.39, 0.29) is 0 Å². The predicted octanol–water partition coefficient (Wildman–Crippen LogP) is 4.17. The quantitative estimate of drug-likeness (QED) is 0.845. The van der Waals surface area contributed by atoms with Crippen molar-refractivity contribution in [2.24, 2.45) is 0 Å². The SMILES string of the molecule is O=C(O)/C=C/c1ccc(-c2cccc(Cl)c2)s1. The van der Waals surface area contributed by atoms with E-state index in [9.17, 15) is 4.79 Å². The van der Waals surface area contributed by atoms with Crippen LogP contribution in [-0.4, -0.2) is 11.1 Å². The van der Waals surface area contributed by atoms with E-state index in [1.54, 1.807) is 6.08 Å². The van der Waals surface area contributed by atoms with Crippen molar-refractivity contribution in [3.63, 3.8) is 0 Å². The largest absolute Gasteiger partial charge is 0.478 e. The molecule has 0 unspecified atom stereocenters. The number of thiophene rings is 1. The normalized spacial score (nSPS) is 10.9. The maximum atomic E-state index is 10.4. The van der Waals surface area contributed by atoms with Crippen LogP contribution in [0.3, 0.4) is 0 Å². The molecule has 2 rings (SSSR count). The maximum Gasteiger partial charge on any atom is 0.328 e. The highest BCUT2D eigenvalue weighted by molar-refractivity contribution is 7.16. The van der Waals surface area contributed by atoms with Crippen LogP contribution >= 0.6 is 22.9 Å². The lowest BCUT2D eigenvalue weighted by Gasteiger charge is -1.96. The Bertz CT molecular complexity index is 572. The van der Waals surface area contributed by atoms with E-state index in [0.29, 0.717) is 5.02 Å². The third-order valence-electron chi connectivity index (χ3n) is 2.13. The first-order valence-electron chi connectivity index (χ1n) is 4.92. The number of benzene rings is 1. The van der Waals surface area contributed by atoms with Gasteiger partial charge in [0, 0.05) is 20.9 Å². The van der Waals surface area contributed by atoms with Gasteiger partial charge in [0.2, 0.25) is 0 Å². The molecule has 1 heterocycles. The molecule has 0 saturated heterocycles. The fourth-order valence-corrected chi connectivity index (χ4v) is 2.49. The van der Waals surface area contributed by atoms with E-state index in [0.717, 1.165) is 21.4 Å². The number of carboxylic acid groups (broad SMARTS) is 1. The number of hydrogen-bond donors (Lipinski definition) is 1. The summed E-state index contributed by atoms with van der Waals surface area (Å²) >= 11 is 7.45. The van der Waals surface area contributed by atoms with Crippen molar-refractivity contribution in [2.45, 2.75) is 0 Å². The molecule has 4 heteroatoms. The highest BCUT2D eigenvalue weighted by Crippen LogP contribution is 2.30. The molecule has 1 aromatic heterocycles. The van der Waals surface area contributed by atoms with Gasteiger partial charge in [0.15, 0.2) is 0 Å². The molecular weight excluding hydrogens is 256 g/mol. The number of rotatable bonds is 3. The van der Waals surface area contributed by atoms with Crippen molar-refractivity contribution in [3.05, 3.63) is 52.4 Å². The minimum absolute atomic E-state index is 0.693. The van der Waals surface area contributed by atoms with Gasteiger partial charge in [-0.2, -0.15) is 0 Å². The van der Waals surface area contributed by atoms with Crippen LogP contribution in [0.5, 0.6) is 0 Å². The van der Waals surface area contributed by atoms with Gasteiger partial charge in [0.25, 0.3) is 0 Å². The Balaban J connectivity index is 2.27. The van der Waals surface area contributed by atoms with E-state index in [1.165, 1.54) is 11.3 Å². The second-order valence-corrected chi connectivity index (χ2v) is 4.94. The first kappa shape index (κ1) is 11.9. The fraction of sp³-hybridized carbons (Fsp3) is 0. The Hall–Kier alpha value is -1.58. The predicted molar refractivity (Wildman–Crippen MR) is 71.4 cm³/mol. The van der Waals surface area contributed by atoms with E-state index in [4.69, 9.17) is 16.7 Å². The van der Waals surface area contributed by atoms with Gasteiger partial charge >= 0.3 is 5.97 Å². The topological polar surface area (TPSA) is 37.3 Å². The minimum Gasteiger partial charge on any atom is -0.478 e. The third kappa shape index (κ3) is 3.19. The second kappa shape index (κ2) is 5.17.